The molecule has 128 valence electrons. The Kier molecular flexibility index (Phi) is 7.59. The van der Waals surface area contributed by atoms with Gasteiger partial charge in [0.05, 0.1) is 26.0 Å². The molecule has 2 rings (SSSR count). The van der Waals surface area contributed by atoms with E-state index >= 15 is 0 Å². The molecule has 1 unspecified atom stereocenters. The van der Waals surface area contributed by atoms with Gasteiger partial charge >= 0.3 is 0 Å². The Bertz CT molecular complexity index is 485. The fourth-order valence-electron chi connectivity index (χ4n) is 3.04. The van der Waals surface area contributed by atoms with Crippen LogP contribution in [-0.2, 0) is 16.2 Å². The van der Waals surface area contributed by atoms with E-state index in [0.717, 1.165) is 24.4 Å². The normalized spacial score (nSPS) is 19.8. The first-order chi connectivity index (χ1) is 11.2. The summed E-state index contributed by atoms with van der Waals surface area (Å²) >= 11 is 0. The van der Waals surface area contributed by atoms with Crippen molar-refractivity contribution >= 4 is 5.70 Å². The van der Waals surface area contributed by atoms with Crippen molar-refractivity contribution < 1.29 is 9.57 Å². The average Bonchev–Trinajstić information content (AvgIpc) is 2.59. The third-order valence-corrected chi connectivity index (χ3v) is 4.50. The summed E-state index contributed by atoms with van der Waals surface area (Å²) in [5, 5.41) is 0. The van der Waals surface area contributed by atoms with Crippen molar-refractivity contribution in [2.75, 3.05) is 26.8 Å². The van der Waals surface area contributed by atoms with Gasteiger partial charge in [-0.05, 0) is 44.4 Å². The number of hydroxylamine groups is 1. The fourth-order valence-corrected chi connectivity index (χ4v) is 3.04. The molecule has 0 amide bonds. The third kappa shape index (κ3) is 5.65. The second-order valence-electron chi connectivity index (χ2n) is 6.14. The first-order valence-electron chi connectivity index (χ1n) is 8.61. The van der Waals surface area contributed by atoms with Gasteiger partial charge in [-0.1, -0.05) is 36.8 Å². The summed E-state index contributed by atoms with van der Waals surface area (Å²) in [6.45, 7) is 8.05. The molecule has 0 aliphatic carbocycles. The lowest BCUT2D eigenvalue weighted by atomic mass is 10.0. The number of rotatable bonds is 8. The lowest BCUT2D eigenvalue weighted by molar-refractivity contribution is 0.0684. The largest absolute Gasteiger partial charge is 0.375 e. The van der Waals surface area contributed by atoms with Crippen LogP contribution in [-0.4, -0.2) is 37.7 Å². The van der Waals surface area contributed by atoms with E-state index < -0.39 is 0 Å². The van der Waals surface area contributed by atoms with Gasteiger partial charge in [0.15, 0.2) is 0 Å². The van der Waals surface area contributed by atoms with Gasteiger partial charge in [0.25, 0.3) is 0 Å². The molecular formula is C19H30N2O2. The Morgan fingerprint density at radius 3 is 2.74 bits per heavy atom. The predicted octanol–water partition coefficient (Wildman–Crippen LogP) is 3.59. The fraction of sp³-hybridized carbons (Fsp3) is 0.579. The highest BCUT2D eigenvalue weighted by Crippen LogP contribution is 2.16. The van der Waals surface area contributed by atoms with Crippen molar-refractivity contribution in [2.45, 2.75) is 45.8 Å². The Morgan fingerprint density at radius 1 is 1.30 bits per heavy atom. The number of benzene rings is 1. The van der Waals surface area contributed by atoms with Crippen LogP contribution in [0.25, 0.3) is 5.70 Å². The highest BCUT2D eigenvalue weighted by Gasteiger charge is 2.17. The summed E-state index contributed by atoms with van der Waals surface area (Å²) < 4.78 is 5.85. The zero-order chi connectivity index (χ0) is 16.5. The first kappa shape index (κ1) is 18.0. The van der Waals surface area contributed by atoms with Crippen LogP contribution < -0.4 is 5.48 Å². The van der Waals surface area contributed by atoms with Gasteiger partial charge in [-0.3, -0.25) is 15.2 Å². The van der Waals surface area contributed by atoms with Crippen LogP contribution in [0, 0.1) is 0 Å². The molecular weight excluding hydrogens is 288 g/mol. The molecule has 1 aromatic carbocycles. The molecule has 0 saturated carbocycles. The van der Waals surface area contributed by atoms with Gasteiger partial charge in [0.2, 0.25) is 0 Å². The number of likely N-dealkylation sites (tertiary alicyclic amines) is 1. The summed E-state index contributed by atoms with van der Waals surface area (Å²) in [4.78, 5) is 7.52. The van der Waals surface area contributed by atoms with E-state index in [4.69, 9.17) is 9.57 Å². The second kappa shape index (κ2) is 9.71. The molecule has 0 radical (unpaired) electrons. The molecule has 0 bridgehead atoms. The van der Waals surface area contributed by atoms with Gasteiger partial charge in [0.1, 0.15) is 0 Å². The highest BCUT2D eigenvalue weighted by atomic mass is 16.6. The summed E-state index contributed by atoms with van der Waals surface area (Å²) in [7, 11) is 1.62. The standard InChI is InChI=1S/C19H30N2O2/c1-4-19(20-22-3)18-10-8-17(9-11-18)15-23-14-13-21-12-6-5-7-16(21)2/h4,8-11,16,20H,5-7,12-15H2,1-3H3. The number of hydrogen-bond acceptors (Lipinski definition) is 4. The highest BCUT2D eigenvalue weighted by molar-refractivity contribution is 5.62. The molecule has 1 atom stereocenters. The number of hydrogen-bond donors (Lipinski definition) is 1. The maximum absolute atomic E-state index is 5.85. The van der Waals surface area contributed by atoms with Crippen LogP contribution in [0.3, 0.4) is 0 Å². The van der Waals surface area contributed by atoms with E-state index in [1.807, 2.05) is 13.0 Å². The molecule has 4 heteroatoms. The number of piperidine rings is 1. The molecule has 1 heterocycles. The van der Waals surface area contributed by atoms with Crippen LogP contribution in [0.2, 0.25) is 0 Å². The van der Waals surface area contributed by atoms with Gasteiger partial charge < -0.3 is 4.74 Å². The summed E-state index contributed by atoms with van der Waals surface area (Å²) in [6.07, 6.45) is 6.02. The van der Waals surface area contributed by atoms with Crippen LogP contribution in [0.15, 0.2) is 30.3 Å². The lowest BCUT2D eigenvalue weighted by Crippen LogP contribution is -2.39. The van der Waals surface area contributed by atoms with Crippen molar-refractivity contribution in [3.8, 4) is 0 Å². The Morgan fingerprint density at radius 2 is 2.09 bits per heavy atom. The summed E-state index contributed by atoms with van der Waals surface area (Å²) in [6, 6.07) is 9.11. The Labute approximate surface area is 140 Å². The van der Waals surface area contributed by atoms with E-state index in [9.17, 15) is 0 Å². The van der Waals surface area contributed by atoms with Crippen LogP contribution in [0.4, 0.5) is 0 Å². The SMILES string of the molecule is CC=C(NOC)c1ccc(COCCN2CCCCC2C)cc1. The molecule has 1 aliphatic heterocycles. The number of allylic oxidation sites excluding steroid dienone is 1. The molecule has 1 aromatic rings. The molecule has 4 nitrogen and oxygen atoms in total. The Hall–Kier alpha value is -1.36. The molecule has 0 aromatic heterocycles. The molecule has 23 heavy (non-hydrogen) atoms. The van der Waals surface area contributed by atoms with Crippen molar-refractivity contribution in [2.24, 2.45) is 0 Å². The molecule has 1 fully saturated rings. The van der Waals surface area contributed by atoms with Crippen molar-refractivity contribution in [1.82, 2.24) is 10.4 Å². The maximum atomic E-state index is 5.85. The summed E-state index contributed by atoms with van der Waals surface area (Å²) in [5.41, 5.74) is 6.17. The summed E-state index contributed by atoms with van der Waals surface area (Å²) in [5.74, 6) is 0. The number of ether oxygens (including phenoxy) is 1. The second-order valence-corrected chi connectivity index (χ2v) is 6.14. The van der Waals surface area contributed by atoms with Crippen LogP contribution in [0.1, 0.15) is 44.2 Å². The molecule has 0 spiro atoms. The lowest BCUT2D eigenvalue weighted by Gasteiger charge is -2.33. The topological polar surface area (TPSA) is 33.7 Å². The smallest absolute Gasteiger partial charge is 0.0717 e. The number of nitrogens with zero attached hydrogens (tertiary/aromatic N) is 1. The minimum absolute atomic E-state index is 0.672. The minimum atomic E-state index is 0.672. The van der Waals surface area contributed by atoms with E-state index in [1.54, 1.807) is 7.11 Å². The maximum Gasteiger partial charge on any atom is 0.0717 e. The third-order valence-electron chi connectivity index (χ3n) is 4.50. The van der Waals surface area contributed by atoms with E-state index in [-0.39, 0.29) is 0 Å². The zero-order valence-corrected chi connectivity index (χ0v) is 14.7. The monoisotopic (exact) mass is 318 g/mol. The number of nitrogens with one attached hydrogen (secondary N) is 1. The van der Waals surface area contributed by atoms with Gasteiger partial charge in [-0.25, -0.2) is 0 Å². The van der Waals surface area contributed by atoms with Crippen molar-refractivity contribution in [1.29, 1.82) is 0 Å². The van der Waals surface area contributed by atoms with Crippen LogP contribution in [0.5, 0.6) is 0 Å². The van der Waals surface area contributed by atoms with E-state index in [1.165, 1.54) is 31.4 Å². The molecule has 1 saturated heterocycles. The minimum Gasteiger partial charge on any atom is -0.375 e. The zero-order valence-electron chi connectivity index (χ0n) is 14.7. The van der Waals surface area contributed by atoms with Crippen molar-refractivity contribution in [3.05, 3.63) is 41.5 Å². The van der Waals surface area contributed by atoms with Gasteiger partial charge in [-0.15, -0.1) is 0 Å². The predicted molar refractivity (Wildman–Crippen MR) is 94.8 cm³/mol. The van der Waals surface area contributed by atoms with Gasteiger partial charge in [-0.2, -0.15) is 0 Å². The van der Waals surface area contributed by atoms with E-state index in [0.29, 0.717) is 12.6 Å². The van der Waals surface area contributed by atoms with E-state index in [2.05, 4.69) is 41.6 Å². The average molecular weight is 318 g/mol. The Balaban J connectivity index is 1.73. The van der Waals surface area contributed by atoms with Gasteiger partial charge in [0, 0.05) is 12.6 Å². The van der Waals surface area contributed by atoms with Crippen molar-refractivity contribution in [3.63, 3.8) is 0 Å². The quantitative estimate of drug-likeness (QED) is 0.587. The molecule has 1 aliphatic rings. The van der Waals surface area contributed by atoms with Crippen LogP contribution >= 0.6 is 0 Å². The first-order valence-corrected chi connectivity index (χ1v) is 8.61. The molecule has 1 N–H and O–H groups in total.